The predicted molar refractivity (Wildman–Crippen MR) is 70.3 cm³/mol. The molecule has 1 aromatic rings. The van der Waals surface area contributed by atoms with Gasteiger partial charge in [0.15, 0.2) is 0 Å². The molecule has 1 N–H and O–H groups in total. The van der Waals surface area contributed by atoms with Crippen molar-refractivity contribution in [1.29, 1.82) is 0 Å². The Balaban J connectivity index is 1.63. The number of nitrogens with zero attached hydrogens (tertiary/aromatic N) is 2. The van der Waals surface area contributed by atoms with Gasteiger partial charge in [0.25, 0.3) is 0 Å². The second-order valence-corrected chi connectivity index (χ2v) is 5.64. The highest BCUT2D eigenvalue weighted by Crippen LogP contribution is 2.28. The smallest absolute Gasteiger partial charge is 0.0951 e. The number of imidazole rings is 1. The van der Waals surface area contributed by atoms with Crippen molar-refractivity contribution in [3.05, 3.63) is 18.2 Å². The maximum Gasteiger partial charge on any atom is 0.0951 e. The van der Waals surface area contributed by atoms with Crippen LogP contribution >= 0.6 is 0 Å². The Morgan fingerprint density at radius 3 is 2.89 bits per heavy atom. The van der Waals surface area contributed by atoms with Gasteiger partial charge in [0.2, 0.25) is 0 Å². The molecule has 1 aliphatic heterocycles. The molecule has 0 aromatic carbocycles. The molecule has 2 aliphatic rings. The van der Waals surface area contributed by atoms with Gasteiger partial charge in [0.1, 0.15) is 0 Å². The lowest BCUT2D eigenvalue weighted by Gasteiger charge is -2.29. The number of rotatable bonds is 5. The minimum Gasteiger partial charge on any atom is -0.381 e. The van der Waals surface area contributed by atoms with E-state index in [4.69, 9.17) is 4.74 Å². The quantitative estimate of drug-likeness (QED) is 0.869. The monoisotopic (exact) mass is 249 g/mol. The first-order valence-electron chi connectivity index (χ1n) is 7.16. The molecule has 100 valence electrons. The molecule has 1 saturated heterocycles. The molecular formula is C14H23N3O. The number of nitrogens with one attached hydrogen (secondary N) is 1. The summed E-state index contributed by atoms with van der Waals surface area (Å²) in [5, 5.41) is 3.57. The lowest BCUT2D eigenvalue weighted by Crippen LogP contribution is -2.26. The van der Waals surface area contributed by atoms with E-state index in [1.807, 2.05) is 12.5 Å². The maximum atomic E-state index is 5.45. The first kappa shape index (κ1) is 12.2. The van der Waals surface area contributed by atoms with Gasteiger partial charge in [-0.2, -0.15) is 0 Å². The molecule has 2 fully saturated rings. The van der Waals surface area contributed by atoms with E-state index in [-0.39, 0.29) is 0 Å². The van der Waals surface area contributed by atoms with Gasteiger partial charge in [-0.3, -0.25) is 0 Å². The second kappa shape index (κ2) is 5.41. The van der Waals surface area contributed by atoms with Gasteiger partial charge >= 0.3 is 0 Å². The van der Waals surface area contributed by atoms with Crippen molar-refractivity contribution in [2.24, 2.45) is 5.92 Å². The van der Waals surface area contributed by atoms with Crippen LogP contribution in [-0.2, 0) is 11.3 Å². The molecular weight excluding hydrogens is 226 g/mol. The fraction of sp³-hybridized carbons (Fsp3) is 0.786. The van der Waals surface area contributed by atoms with Gasteiger partial charge in [0.05, 0.1) is 12.0 Å². The number of hydrogen-bond acceptors (Lipinski definition) is 3. The van der Waals surface area contributed by atoms with E-state index >= 15 is 0 Å². The Labute approximate surface area is 109 Å². The van der Waals surface area contributed by atoms with Crippen LogP contribution in [0.5, 0.6) is 0 Å². The van der Waals surface area contributed by atoms with Crippen molar-refractivity contribution < 1.29 is 4.74 Å². The zero-order valence-electron chi connectivity index (χ0n) is 11.1. The van der Waals surface area contributed by atoms with E-state index < -0.39 is 0 Å². The van der Waals surface area contributed by atoms with Gasteiger partial charge in [0, 0.05) is 38.0 Å². The van der Waals surface area contributed by atoms with E-state index in [0.29, 0.717) is 6.04 Å². The van der Waals surface area contributed by atoms with Crippen LogP contribution in [0.1, 0.15) is 44.3 Å². The van der Waals surface area contributed by atoms with E-state index in [0.717, 1.165) is 31.7 Å². The highest BCUT2D eigenvalue weighted by Gasteiger charge is 2.24. The Kier molecular flexibility index (Phi) is 3.66. The van der Waals surface area contributed by atoms with Crippen LogP contribution in [0.2, 0.25) is 0 Å². The van der Waals surface area contributed by atoms with Crippen LogP contribution in [-0.4, -0.2) is 28.8 Å². The predicted octanol–water partition coefficient (Wildman–Crippen LogP) is 2.12. The highest BCUT2D eigenvalue weighted by molar-refractivity contribution is 5.02. The lowest BCUT2D eigenvalue weighted by atomic mass is 9.92. The summed E-state index contributed by atoms with van der Waals surface area (Å²) >= 11 is 0. The van der Waals surface area contributed by atoms with Crippen LogP contribution in [0.3, 0.4) is 0 Å². The van der Waals surface area contributed by atoms with E-state index in [9.17, 15) is 0 Å². The van der Waals surface area contributed by atoms with Crippen LogP contribution in [0.15, 0.2) is 12.5 Å². The zero-order valence-corrected chi connectivity index (χ0v) is 11.1. The van der Waals surface area contributed by atoms with Gasteiger partial charge in [-0.05, 0) is 38.5 Å². The molecule has 4 heteroatoms. The van der Waals surface area contributed by atoms with Crippen LogP contribution in [0.4, 0.5) is 0 Å². The summed E-state index contributed by atoms with van der Waals surface area (Å²) in [4.78, 5) is 4.33. The third-order valence-electron chi connectivity index (χ3n) is 4.28. The molecule has 1 atom stereocenters. The third-order valence-corrected chi connectivity index (χ3v) is 4.28. The maximum absolute atomic E-state index is 5.45. The number of ether oxygens (including phenoxy) is 1. The molecule has 18 heavy (non-hydrogen) atoms. The van der Waals surface area contributed by atoms with Crippen molar-refractivity contribution >= 4 is 0 Å². The second-order valence-electron chi connectivity index (χ2n) is 5.64. The zero-order chi connectivity index (χ0) is 12.4. The fourth-order valence-corrected chi connectivity index (χ4v) is 2.80. The Bertz CT molecular complexity index is 380. The van der Waals surface area contributed by atoms with Crippen molar-refractivity contribution in [1.82, 2.24) is 14.9 Å². The molecule has 1 aliphatic carbocycles. The Morgan fingerprint density at radius 2 is 2.17 bits per heavy atom. The van der Waals surface area contributed by atoms with Gasteiger partial charge in [-0.1, -0.05) is 0 Å². The molecule has 0 bridgehead atoms. The van der Waals surface area contributed by atoms with Crippen molar-refractivity contribution in [3.63, 3.8) is 0 Å². The van der Waals surface area contributed by atoms with Crippen molar-refractivity contribution in [2.45, 2.75) is 51.2 Å². The average molecular weight is 249 g/mol. The molecule has 0 amide bonds. The molecule has 1 unspecified atom stereocenters. The van der Waals surface area contributed by atoms with Crippen LogP contribution in [0, 0.1) is 5.92 Å². The largest absolute Gasteiger partial charge is 0.381 e. The number of hydrogen-bond donors (Lipinski definition) is 1. The molecule has 1 saturated carbocycles. The van der Waals surface area contributed by atoms with Crippen molar-refractivity contribution in [2.75, 3.05) is 13.2 Å². The fourth-order valence-electron chi connectivity index (χ4n) is 2.80. The highest BCUT2D eigenvalue weighted by atomic mass is 16.5. The van der Waals surface area contributed by atoms with E-state index in [2.05, 4.69) is 21.8 Å². The molecule has 0 radical (unpaired) electrons. The molecule has 2 heterocycles. The normalized spacial score (nSPS) is 23.2. The summed E-state index contributed by atoms with van der Waals surface area (Å²) in [6.07, 6.45) is 9.02. The minimum atomic E-state index is 0.535. The molecule has 0 spiro atoms. The van der Waals surface area contributed by atoms with Gasteiger partial charge in [-0.25, -0.2) is 4.98 Å². The summed E-state index contributed by atoms with van der Waals surface area (Å²) in [5.74, 6) is 0.729. The lowest BCUT2D eigenvalue weighted by molar-refractivity contribution is 0.0509. The summed E-state index contributed by atoms with van der Waals surface area (Å²) in [5.41, 5.74) is 1.32. The summed E-state index contributed by atoms with van der Waals surface area (Å²) in [6, 6.07) is 1.29. The molecule has 1 aromatic heterocycles. The van der Waals surface area contributed by atoms with E-state index in [1.54, 1.807) is 0 Å². The Morgan fingerprint density at radius 1 is 1.39 bits per heavy atom. The van der Waals surface area contributed by atoms with Gasteiger partial charge < -0.3 is 14.6 Å². The minimum absolute atomic E-state index is 0.535. The summed E-state index contributed by atoms with van der Waals surface area (Å²) < 4.78 is 7.80. The first-order valence-corrected chi connectivity index (χ1v) is 7.16. The van der Waals surface area contributed by atoms with Gasteiger partial charge in [-0.15, -0.1) is 0 Å². The SMILES string of the molecule is CC(C1CCOCC1)n1cncc1CNC1CC1. The first-order chi connectivity index (χ1) is 8.84. The topological polar surface area (TPSA) is 39.1 Å². The molecule has 3 rings (SSSR count). The number of aromatic nitrogens is 2. The summed E-state index contributed by atoms with van der Waals surface area (Å²) in [7, 11) is 0. The average Bonchev–Trinajstić information content (AvgIpc) is 3.14. The van der Waals surface area contributed by atoms with Crippen LogP contribution < -0.4 is 5.32 Å². The van der Waals surface area contributed by atoms with Crippen LogP contribution in [0.25, 0.3) is 0 Å². The molecule has 4 nitrogen and oxygen atoms in total. The Hall–Kier alpha value is -0.870. The van der Waals surface area contributed by atoms with Crippen molar-refractivity contribution in [3.8, 4) is 0 Å². The standard InChI is InChI=1S/C14H23N3O/c1-11(12-4-6-18-7-5-12)17-10-15-8-14(17)9-16-13-2-3-13/h8,10-13,16H,2-7,9H2,1H3. The third kappa shape index (κ3) is 2.75. The van der Waals surface area contributed by atoms with E-state index in [1.165, 1.54) is 31.4 Å². The summed E-state index contributed by atoms with van der Waals surface area (Å²) in [6.45, 7) is 5.11.